The average Bonchev–Trinajstić information content (AvgIpc) is 3.17. The predicted octanol–water partition coefficient (Wildman–Crippen LogP) is 4.11. The Labute approximate surface area is 126 Å². The van der Waals surface area contributed by atoms with Gasteiger partial charge in [0, 0.05) is 24.5 Å². The zero-order chi connectivity index (χ0) is 14.0. The van der Waals surface area contributed by atoms with Crippen molar-refractivity contribution in [2.24, 2.45) is 11.3 Å². The van der Waals surface area contributed by atoms with Crippen LogP contribution < -0.4 is 0 Å². The SMILES string of the molecule is CC1CCCC(C=O)(CN(Cc2ccsc2)C2CC2)C1. The molecule has 20 heavy (non-hydrogen) atoms. The summed E-state index contributed by atoms with van der Waals surface area (Å²) >= 11 is 1.77. The van der Waals surface area contributed by atoms with Gasteiger partial charge in [-0.3, -0.25) is 4.90 Å². The van der Waals surface area contributed by atoms with Gasteiger partial charge in [0.2, 0.25) is 0 Å². The van der Waals surface area contributed by atoms with Crippen LogP contribution in [0.15, 0.2) is 16.8 Å². The minimum Gasteiger partial charge on any atom is -0.303 e. The second-order valence-electron chi connectivity index (χ2n) is 6.95. The van der Waals surface area contributed by atoms with Crippen LogP contribution in [0.5, 0.6) is 0 Å². The summed E-state index contributed by atoms with van der Waals surface area (Å²) in [5, 5.41) is 4.39. The highest BCUT2D eigenvalue weighted by Crippen LogP contribution is 2.41. The van der Waals surface area contributed by atoms with Crippen LogP contribution in [-0.4, -0.2) is 23.8 Å². The summed E-state index contributed by atoms with van der Waals surface area (Å²) in [6.07, 6.45) is 8.60. The Morgan fingerprint density at radius 3 is 2.90 bits per heavy atom. The molecule has 3 heteroatoms. The lowest BCUT2D eigenvalue weighted by Gasteiger charge is -2.39. The Hall–Kier alpha value is -0.670. The van der Waals surface area contributed by atoms with Crippen molar-refractivity contribution in [2.75, 3.05) is 6.54 Å². The molecule has 110 valence electrons. The Bertz CT molecular complexity index is 440. The first kappa shape index (κ1) is 14.3. The molecule has 2 atom stereocenters. The lowest BCUT2D eigenvalue weighted by atomic mass is 9.70. The first-order valence-corrected chi connectivity index (χ1v) is 8.86. The Morgan fingerprint density at radius 2 is 2.30 bits per heavy atom. The minimum absolute atomic E-state index is 0.0731. The van der Waals surface area contributed by atoms with E-state index in [4.69, 9.17) is 0 Å². The summed E-state index contributed by atoms with van der Waals surface area (Å²) in [6.45, 7) is 4.30. The molecule has 0 saturated heterocycles. The normalized spacial score (nSPS) is 30.6. The van der Waals surface area contributed by atoms with Gasteiger partial charge in [0.15, 0.2) is 0 Å². The van der Waals surface area contributed by atoms with Gasteiger partial charge in [-0.2, -0.15) is 11.3 Å². The van der Waals surface area contributed by atoms with Crippen molar-refractivity contribution < 1.29 is 4.79 Å². The van der Waals surface area contributed by atoms with Gasteiger partial charge in [0.1, 0.15) is 6.29 Å². The van der Waals surface area contributed by atoms with Gasteiger partial charge >= 0.3 is 0 Å². The molecule has 2 unspecified atom stereocenters. The molecule has 0 N–H and O–H groups in total. The van der Waals surface area contributed by atoms with Crippen molar-refractivity contribution >= 4 is 17.6 Å². The average molecular weight is 291 g/mol. The van der Waals surface area contributed by atoms with Crippen molar-refractivity contribution in [3.05, 3.63) is 22.4 Å². The van der Waals surface area contributed by atoms with E-state index in [1.54, 1.807) is 11.3 Å². The van der Waals surface area contributed by atoms with E-state index in [2.05, 4.69) is 28.7 Å². The Morgan fingerprint density at radius 1 is 1.45 bits per heavy atom. The highest BCUT2D eigenvalue weighted by Gasteiger charge is 2.40. The van der Waals surface area contributed by atoms with Crippen LogP contribution in [0.2, 0.25) is 0 Å². The fraction of sp³-hybridized carbons (Fsp3) is 0.706. The van der Waals surface area contributed by atoms with E-state index in [0.717, 1.165) is 32.0 Å². The Balaban J connectivity index is 1.69. The van der Waals surface area contributed by atoms with Gasteiger partial charge in [0.25, 0.3) is 0 Å². The number of hydrogen-bond acceptors (Lipinski definition) is 3. The number of hydrogen-bond donors (Lipinski definition) is 0. The number of aldehydes is 1. The Kier molecular flexibility index (Phi) is 4.27. The maximum atomic E-state index is 11.8. The third kappa shape index (κ3) is 3.32. The second-order valence-corrected chi connectivity index (χ2v) is 7.73. The minimum atomic E-state index is -0.0731. The molecule has 1 heterocycles. The molecule has 0 aliphatic heterocycles. The summed E-state index contributed by atoms with van der Waals surface area (Å²) < 4.78 is 0. The molecule has 0 spiro atoms. The molecule has 2 aliphatic rings. The predicted molar refractivity (Wildman–Crippen MR) is 83.9 cm³/mol. The molecular formula is C17H25NOS. The summed E-state index contributed by atoms with van der Waals surface area (Å²) in [5.74, 6) is 0.705. The highest BCUT2D eigenvalue weighted by molar-refractivity contribution is 7.07. The van der Waals surface area contributed by atoms with E-state index in [1.165, 1.54) is 37.5 Å². The number of nitrogens with zero attached hydrogens (tertiary/aromatic N) is 1. The number of thiophene rings is 1. The smallest absolute Gasteiger partial charge is 0.127 e. The molecule has 1 aromatic heterocycles. The highest BCUT2D eigenvalue weighted by atomic mass is 32.1. The molecular weight excluding hydrogens is 266 g/mol. The number of carbonyl (C=O) groups is 1. The van der Waals surface area contributed by atoms with Crippen LogP contribution in [0.1, 0.15) is 51.0 Å². The van der Waals surface area contributed by atoms with Gasteiger partial charge in [-0.15, -0.1) is 0 Å². The number of carbonyl (C=O) groups excluding carboxylic acids is 1. The molecule has 0 radical (unpaired) electrons. The zero-order valence-corrected chi connectivity index (χ0v) is 13.2. The maximum Gasteiger partial charge on any atom is 0.127 e. The fourth-order valence-corrected chi connectivity index (χ4v) is 4.42. The fourth-order valence-electron chi connectivity index (χ4n) is 3.76. The van der Waals surface area contributed by atoms with E-state index in [-0.39, 0.29) is 5.41 Å². The maximum absolute atomic E-state index is 11.8. The van der Waals surface area contributed by atoms with E-state index in [1.807, 2.05) is 0 Å². The summed E-state index contributed by atoms with van der Waals surface area (Å²) in [4.78, 5) is 14.4. The molecule has 0 bridgehead atoms. The quantitative estimate of drug-likeness (QED) is 0.735. The second kappa shape index (κ2) is 5.98. The van der Waals surface area contributed by atoms with Gasteiger partial charge in [-0.25, -0.2) is 0 Å². The molecule has 2 aliphatic carbocycles. The molecule has 0 amide bonds. The topological polar surface area (TPSA) is 20.3 Å². The summed E-state index contributed by atoms with van der Waals surface area (Å²) in [6, 6.07) is 2.95. The third-order valence-electron chi connectivity index (χ3n) is 4.92. The van der Waals surface area contributed by atoms with Crippen LogP contribution in [-0.2, 0) is 11.3 Å². The zero-order valence-electron chi connectivity index (χ0n) is 12.4. The van der Waals surface area contributed by atoms with Gasteiger partial charge in [-0.1, -0.05) is 19.8 Å². The molecule has 0 aromatic carbocycles. The van der Waals surface area contributed by atoms with Crippen molar-refractivity contribution in [1.82, 2.24) is 4.90 Å². The number of rotatable bonds is 6. The first-order valence-electron chi connectivity index (χ1n) is 7.92. The lowest BCUT2D eigenvalue weighted by molar-refractivity contribution is -0.120. The first-order chi connectivity index (χ1) is 9.71. The van der Waals surface area contributed by atoms with Crippen LogP contribution in [0, 0.1) is 11.3 Å². The largest absolute Gasteiger partial charge is 0.303 e. The van der Waals surface area contributed by atoms with Crippen LogP contribution in [0.3, 0.4) is 0 Å². The van der Waals surface area contributed by atoms with Gasteiger partial charge in [-0.05, 0) is 54.0 Å². The van der Waals surface area contributed by atoms with Crippen molar-refractivity contribution in [1.29, 1.82) is 0 Å². The van der Waals surface area contributed by atoms with Gasteiger partial charge < -0.3 is 4.79 Å². The third-order valence-corrected chi connectivity index (χ3v) is 5.66. The summed E-state index contributed by atoms with van der Waals surface area (Å²) in [5.41, 5.74) is 1.34. The van der Waals surface area contributed by atoms with E-state index < -0.39 is 0 Å². The molecule has 1 aromatic rings. The lowest BCUT2D eigenvalue weighted by Crippen LogP contribution is -2.42. The van der Waals surface area contributed by atoms with Crippen LogP contribution in [0.4, 0.5) is 0 Å². The van der Waals surface area contributed by atoms with Crippen LogP contribution >= 0.6 is 11.3 Å². The standard InChI is InChI=1S/C17H25NOS/c1-14-3-2-7-17(9-14,13-19)12-18(16-4-5-16)10-15-6-8-20-11-15/h6,8,11,13-14,16H,2-5,7,9-10,12H2,1H3. The molecule has 3 rings (SSSR count). The van der Waals surface area contributed by atoms with Gasteiger partial charge in [0.05, 0.1) is 0 Å². The van der Waals surface area contributed by atoms with E-state index in [0.29, 0.717) is 5.92 Å². The van der Waals surface area contributed by atoms with Crippen molar-refractivity contribution in [3.8, 4) is 0 Å². The van der Waals surface area contributed by atoms with Crippen molar-refractivity contribution in [2.45, 2.75) is 58.0 Å². The molecule has 2 nitrogen and oxygen atoms in total. The van der Waals surface area contributed by atoms with E-state index >= 15 is 0 Å². The molecule has 2 fully saturated rings. The van der Waals surface area contributed by atoms with Crippen molar-refractivity contribution in [3.63, 3.8) is 0 Å². The van der Waals surface area contributed by atoms with E-state index in [9.17, 15) is 4.79 Å². The summed E-state index contributed by atoms with van der Waals surface area (Å²) in [7, 11) is 0. The monoisotopic (exact) mass is 291 g/mol. The molecule has 2 saturated carbocycles. The van der Waals surface area contributed by atoms with Crippen LogP contribution in [0.25, 0.3) is 0 Å².